The van der Waals surface area contributed by atoms with Crippen LogP contribution in [0.25, 0.3) is 0 Å². The van der Waals surface area contributed by atoms with E-state index in [0.29, 0.717) is 12.2 Å². The summed E-state index contributed by atoms with van der Waals surface area (Å²) in [5.74, 6) is -0.623. The van der Waals surface area contributed by atoms with E-state index in [1.165, 1.54) is 0 Å². The van der Waals surface area contributed by atoms with E-state index < -0.39 is 12.1 Å². The van der Waals surface area contributed by atoms with E-state index in [2.05, 4.69) is 0 Å². The highest BCUT2D eigenvalue weighted by Gasteiger charge is 2.17. The Hall–Kier alpha value is -1.39. The van der Waals surface area contributed by atoms with Crippen LogP contribution in [0.3, 0.4) is 0 Å². The molecule has 1 atom stereocenters. The maximum Gasteiger partial charge on any atom is 0.339 e. The van der Waals surface area contributed by atoms with Crippen LogP contribution in [0.4, 0.5) is 0 Å². The third-order valence-electron chi connectivity index (χ3n) is 2.12. The van der Waals surface area contributed by atoms with Crippen molar-refractivity contribution in [2.45, 2.75) is 19.6 Å². The summed E-state index contributed by atoms with van der Waals surface area (Å²) < 4.78 is 9.68. The van der Waals surface area contributed by atoms with E-state index in [1.807, 2.05) is 0 Å². The first kappa shape index (κ1) is 12.7. The van der Waals surface area contributed by atoms with E-state index in [4.69, 9.17) is 9.47 Å². The molecule has 0 saturated heterocycles. The number of aliphatic hydroxyl groups is 1. The Bertz CT molecular complexity index is 331. The van der Waals surface area contributed by atoms with Crippen molar-refractivity contribution < 1.29 is 19.4 Å². The second-order valence-electron chi connectivity index (χ2n) is 3.33. The lowest BCUT2D eigenvalue weighted by molar-refractivity contribution is -0.153. The number of ether oxygens (including phenoxy) is 2. The molecule has 0 aliphatic rings. The molecule has 88 valence electrons. The molecule has 0 saturated carbocycles. The summed E-state index contributed by atoms with van der Waals surface area (Å²) in [6.45, 7) is 2.47. The van der Waals surface area contributed by atoms with Crippen molar-refractivity contribution in [2.75, 3.05) is 13.7 Å². The van der Waals surface area contributed by atoms with Crippen LogP contribution >= 0.6 is 0 Å². The molecule has 0 aliphatic carbocycles. The SMILES string of the molecule is CCOC(=O)C(O)c1ccc(COC)cc1. The van der Waals surface area contributed by atoms with Crippen LogP contribution in [0, 0.1) is 0 Å². The molecule has 0 aromatic heterocycles. The number of carbonyl (C=O) groups excluding carboxylic acids is 1. The standard InChI is InChI=1S/C12H16O4/c1-3-16-12(14)11(13)10-6-4-9(5-7-10)8-15-2/h4-7,11,13H,3,8H2,1-2H3. The average molecular weight is 224 g/mol. The molecule has 4 nitrogen and oxygen atoms in total. The molecule has 0 heterocycles. The quantitative estimate of drug-likeness (QED) is 0.769. The summed E-state index contributed by atoms with van der Waals surface area (Å²) in [7, 11) is 1.61. The predicted molar refractivity (Wildman–Crippen MR) is 58.7 cm³/mol. The second-order valence-corrected chi connectivity index (χ2v) is 3.33. The molecule has 0 aliphatic heterocycles. The van der Waals surface area contributed by atoms with Gasteiger partial charge in [-0.3, -0.25) is 0 Å². The van der Waals surface area contributed by atoms with Crippen molar-refractivity contribution >= 4 is 5.97 Å². The van der Waals surface area contributed by atoms with Crippen LogP contribution in [0.1, 0.15) is 24.2 Å². The van der Waals surface area contributed by atoms with Crippen LogP contribution in [-0.4, -0.2) is 24.8 Å². The van der Waals surface area contributed by atoms with E-state index in [1.54, 1.807) is 38.3 Å². The Kier molecular flexibility index (Phi) is 4.95. The fourth-order valence-corrected chi connectivity index (χ4v) is 1.32. The van der Waals surface area contributed by atoms with E-state index in [-0.39, 0.29) is 6.61 Å². The zero-order valence-corrected chi connectivity index (χ0v) is 9.47. The maximum absolute atomic E-state index is 11.3. The number of hydrogen-bond donors (Lipinski definition) is 1. The molecule has 0 spiro atoms. The minimum absolute atomic E-state index is 0.262. The first-order valence-electron chi connectivity index (χ1n) is 5.11. The molecule has 1 N–H and O–H groups in total. The molecule has 0 amide bonds. The Morgan fingerprint density at radius 3 is 2.50 bits per heavy atom. The van der Waals surface area contributed by atoms with Crippen LogP contribution in [0.15, 0.2) is 24.3 Å². The van der Waals surface area contributed by atoms with Gasteiger partial charge in [0.25, 0.3) is 0 Å². The lowest BCUT2D eigenvalue weighted by Gasteiger charge is -2.10. The van der Waals surface area contributed by atoms with Gasteiger partial charge in [0.2, 0.25) is 0 Å². The van der Waals surface area contributed by atoms with Gasteiger partial charge in [0, 0.05) is 7.11 Å². The molecular weight excluding hydrogens is 208 g/mol. The minimum Gasteiger partial charge on any atom is -0.464 e. The minimum atomic E-state index is -1.21. The second kappa shape index (κ2) is 6.25. The van der Waals surface area contributed by atoms with E-state index in [0.717, 1.165) is 5.56 Å². The van der Waals surface area contributed by atoms with Crippen LogP contribution < -0.4 is 0 Å². The van der Waals surface area contributed by atoms with Crippen LogP contribution in [0.5, 0.6) is 0 Å². The number of methoxy groups -OCH3 is 1. The third-order valence-corrected chi connectivity index (χ3v) is 2.12. The summed E-state index contributed by atoms with van der Waals surface area (Å²) in [4.78, 5) is 11.3. The first-order valence-corrected chi connectivity index (χ1v) is 5.11. The number of esters is 1. The molecule has 1 aromatic rings. The Morgan fingerprint density at radius 1 is 1.38 bits per heavy atom. The lowest BCUT2D eigenvalue weighted by atomic mass is 10.1. The number of hydrogen-bond acceptors (Lipinski definition) is 4. The van der Waals surface area contributed by atoms with Gasteiger partial charge < -0.3 is 14.6 Å². The smallest absolute Gasteiger partial charge is 0.339 e. The maximum atomic E-state index is 11.3. The van der Waals surface area contributed by atoms with Gasteiger partial charge in [-0.25, -0.2) is 4.79 Å². The third kappa shape index (κ3) is 3.32. The molecule has 0 radical (unpaired) electrons. The molecular formula is C12H16O4. The highest BCUT2D eigenvalue weighted by Crippen LogP contribution is 2.15. The largest absolute Gasteiger partial charge is 0.464 e. The fraction of sp³-hybridized carbons (Fsp3) is 0.417. The van der Waals surface area contributed by atoms with Crippen molar-refractivity contribution in [2.24, 2.45) is 0 Å². The number of aliphatic hydroxyl groups excluding tert-OH is 1. The normalized spacial score (nSPS) is 12.2. The fourth-order valence-electron chi connectivity index (χ4n) is 1.32. The van der Waals surface area contributed by atoms with Crippen molar-refractivity contribution in [1.29, 1.82) is 0 Å². The number of carbonyl (C=O) groups is 1. The van der Waals surface area contributed by atoms with Gasteiger partial charge in [0.15, 0.2) is 6.10 Å². The van der Waals surface area contributed by atoms with Crippen LogP contribution in [-0.2, 0) is 20.9 Å². The zero-order valence-electron chi connectivity index (χ0n) is 9.47. The summed E-state index contributed by atoms with van der Waals surface area (Å²) in [6, 6.07) is 6.99. The predicted octanol–water partition coefficient (Wildman–Crippen LogP) is 1.43. The molecule has 1 unspecified atom stereocenters. The van der Waals surface area contributed by atoms with Gasteiger partial charge in [-0.1, -0.05) is 24.3 Å². The van der Waals surface area contributed by atoms with Crippen molar-refractivity contribution in [3.63, 3.8) is 0 Å². The van der Waals surface area contributed by atoms with Gasteiger partial charge in [-0.15, -0.1) is 0 Å². The monoisotopic (exact) mass is 224 g/mol. The van der Waals surface area contributed by atoms with Crippen molar-refractivity contribution in [3.8, 4) is 0 Å². The van der Waals surface area contributed by atoms with Crippen molar-refractivity contribution in [3.05, 3.63) is 35.4 Å². The van der Waals surface area contributed by atoms with Gasteiger partial charge in [-0.05, 0) is 18.1 Å². The molecule has 0 fully saturated rings. The van der Waals surface area contributed by atoms with Crippen LogP contribution in [0.2, 0.25) is 0 Å². The highest BCUT2D eigenvalue weighted by atomic mass is 16.5. The Balaban J connectivity index is 2.69. The lowest BCUT2D eigenvalue weighted by Crippen LogP contribution is -2.15. The van der Waals surface area contributed by atoms with E-state index in [9.17, 15) is 9.90 Å². The van der Waals surface area contributed by atoms with Crippen molar-refractivity contribution in [1.82, 2.24) is 0 Å². The Labute approximate surface area is 94.8 Å². The molecule has 1 aromatic carbocycles. The zero-order chi connectivity index (χ0) is 12.0. The van der Waals surface area contributed by atoms with Gasteiger partial charge in [0.05, 0.1) is 13.2 Å². The average Bonchev–Trinajstić information content (AvgIpc) is 2.30. The molecule has 1 rings (SSSR count). The topological polar surface area (TPSA) is 55.8 Å². The summed E-state index contributed by atoms with van der Waals surface area (Å²) >= 11 is 0. The number of rotatable bonds is 5. The molecule has 16 heavy (non-hydrogen) atoms. The first-order chi connectivity index (χ1) is 7.69. The molecule has 0 bridgehead atoms. The van der Waals surface area contributed by atoms with E-state index >= 15 is 0 Å². The van der Waals surface area contributed by atoms with Gasteiger partial charge in [-0.2, -0.15) is 0 Å². The number of benzene rings is 1. The molecule has 4 heteroatoms. The Morgan fingerprint density at radius 2 is 2.00 bits per heavy atom. The summed E-state index contributed by atoms with van der Waals surface area (Å²) in [5.41, 5.74) is 1.51. The summed E-state index contributed by atoms with van der Waals surface area (Å²) in [5, 5.41) is 9.64. The highest BCUT2D eigenvalue weighted by molar-refractivity contribution is 5.76. The van der Waals surface area contributed by atoms with Gasteiger partial charge >= 0.3 is 5.97 Å². The summed E-state index contributed by atoms with van der Waals surface area (Å²) in [6.07, 6.45) is -1.21. The van der Waals surface area contributed by atoms with Gasteiger partial charge in [0.1, 0.15) is 0 Å².